The Balaban J connectivity index is 1.98. The molecule has 1 aromatic heterocycles. The molecule has 0 aliphatic carbocycles. The third-order valence-corrected chi connectivity index (χ3v) is 4.94. The fourth-order valence-electron chi connectivity index (χ4n) is 2.19. The van der Waals surface area contributed by atoms with Gasteiger partial charge in [-0.05, 0) is 55.3 Å². The second-order valence-electron chi connectivity index (χ2n) is 5.19. The van der Waals surface area contributed by atoms with E-state index in [0.717, 1.165) is 11.1 Å². The van der Waals surface area contributed by atoms with Crippen LogP contribution in [0, 0.1) is 13.8 Å². The predicted molar refractivity (Wildman–Crippen MR) is 85.6 cm³/mol. The lowest BCUT2D eigenvalue weighted by Gasteiger charge is -2.09. The van der Waals surface area contributed by atoms with Crippen molar-refractivity contribution in [3.8, 4) is 0 Å². The zero-order chi connectivity index (χ0) is 15.9. The molecule has 2 aromatic carbocycles. The zero-order valence-corrected chi connectivity index (χ0v) is 12.9. The minimum Gasteiger partial charge on any atom is -0.306 e. The van der Waals surface area contributed by atoms with Crippen LogP contribution in [0.2, 0.25) is 0 Å². The monoisotopic (exact) mass is 317 g/mol. The van der Waals surface area contributed by atoms with Gasteiger partial charge in [0.1, 0.15) is 0 Å². The van der Waals surface area contributed by atoms with Gasteiger partial charge in [0, 0.05) is 0 Å². The number of sulfonamides is 1. The van der Waals surface area contributed by atoms with E-state index in [1.54, 1.807) is 36.4 Å². The molecule has 0 saturated heterocycles. The van der Waals surface area contributed by atoms with Crippen LogP contribution in [-0.2, 0) is 10.0 Å². The lowest BCUT2D eigenvalue weighted by molar-refractivity contribution is 0.601. The number of benzene rings is 2. The number of anilines is 1. The normalized spacial score (nSPS) is 11.7. The molecule has 0 unspecified atom stereocenters. The van der Waals surface area contributed by atoms with Crippen LogP contribution >= 0.6 is 0 Å². The smallest absolute Gasteiger partial charge is 0.306 e. The first kappa shape index (κ1) is 14.4. The highest BCUT2D eigenvalue weighted by atomic mass is 32.2. The topological polar surface area (TPSA) is 94.8 Å². The number of aromatic amines is 2. The van der Waals surface area contributed by atoms with Crippen LogP contribution < -0.4 is 10.4 Å². The van der Waals surface area contributed by atoms with Crippen molar-refractivity contribution in [2.24, 2.45) is 0 Å². The summed E-state index contributed by atoms with van der Waals surface area (Å²) in [6.07, 6.45) is 0. The van der Waals surface area contributed by atoms with Gasteiger partial charge in [-0.3, -0.25) is 4.72 Å². The van der Waals surface area contributed by atoms with Gasteiger partial charge in [-0.2, -0.15) is 0 Å². The van der Waals surface area contributed by atoms with Crippen LogP contribution in [0.4, 0.5) is 5.69 Å². The minimum absolute atomic E-state index is 0.207. The third kappa shape index (κ3) is 2.62. The summed E-state index contributed by atoms with van der Waals surface area (Å²) in [6.45, 7) is 3.79. The van der Waals surface area contributed by atoms with E-state index in [1.807, 2.05) is 13.8 Å². The summed E-state index contributed by atoms with van der Waals surface area (Å²) in [5, 5.41) is 0. The van der Waals surface area contributed by atoms with Crippen molar-refractivity contribution >= 4 is 26.7 Å². The van der Waals surface area contributed by atoms with Crippen LogP contribution in [0.25, 0.3) is 11.0 Å². The van der Waals surface area contributed by atoms with Gasteiger partial charge in [-0.1, -0.05) is 6.07 Å². The summed E-state index contributed by atoms with van der Waals surface area (Å²) in [4.78, 5) is 16.6. The van der Waals surface area contributed by atoms with E-state index >= 15 is 0 Å². The molecular formula is C15H15N3O3S. The van der Waals surface area contributed by atoms with Crippen molar-refractivity contribution in [2.45, 2.75) is 18.7 Å². The summed E-state index contributed by atoms with van der Waals surface area (Å²) >= 11 is 0. The molecule has 1 heterocycles. The van der Waals surface area contributed by atoms with Crippen LogP contribution in [-0.4, -0.2) is 18.4 Å². The second-order valence-corrected chi connectivity index (χ2v) is 6.87. The summed E-state index contributed by atoms with van der Waals surface area (Å²) in [7, 11) is -3.67. The van der Waals surface area contributed by atoms with Crippen LogP contribution in [0.15, 0.2) is 46.1 Å². The Kier molecular flexibility index (Phi) is 3.29. The molecule has 0 amide bonds. The highest BCUT2D eigenvalue weighted by Crippen LogP contribution is 2.20. The molecule has 0 aliphatic heterocycles. The molecule has 0 saturated carbocycles. The number of nitrogens with one attached hydrogen (secondary N) is 3. The summed E-state index contributed by atoms with van der Waals surface area (Å²) in [5.41, 5.74) is 3.17. The number of hydrogen-bond donors (Lipinski definition) is 3. The van der Waals surface area contributed by atoms with E-state index in [-0.39, 0.29) is 10.6 Å². The quantitative estimate of drug-likeness (QED) is 0.691. The van der Waals surface area contributed by atoms with Gasteiger partial charge in [0.05, 0.1) is 21.6 Å². The fraction of sp³-hybridized carbons (Fsp3) is 0.133. The van der Waals surface area contributed by atoms with Gasteiger partial charge in [-0.15, -0.1) is 0 Å². The van der Waals surface area contributed by atoms with Crippen molar-refractivity contribution in [1.29, 1.82) is 0 Å². The molecule has 3 N–H and O–H groups in total. The van der Waals surface area contributed by atoms with Crippen LogP contribution in [0.1, 0.15) is 11.1 Å². The summed E-state index contributed by atoms with van der Waals surface area (Å²) < 4.78 is 27.3. The Labute approximate surface area is 127 Å². The number of H-pyrrole nitrogens is 2. The molecule has 6 nitrogen and oxygen atoms in total. The molecule has 0 atom stereocenters. The van der Waals surface area contributed by atoms with E-state index in [9.17, 15) is 13.2 Å². The molecule has 7 heteroatoms. The molecule has 3 aromatic rings. The number of imidazole rings is 1. The van der Waals surface area contributed by atoms with E-state index < -0.39 is 10.0 Å². The highest BCUT2D eigenvalue weighted by Gasteiger charge is 2.15. The molecular weight excluding hydrogens is 302 g/mol. The first-order chi connectivity index (χ1) is 10.3. The largest absolute Gasteiger partial charge is 0.323 e. The maximum absolute atomic E-state index is 12.4. The average molecular weight is 317 g/mol. The molecule has 0 aliphatic rings. The first-order valence-corrected chi connectivity index (χ1v) is 8.15. The number of fused-ring (bicyclic) bond motifs is 1. The molecule has 0 radical (unpaired) electrons. The van der Waals surface area contributed by atoms with Gasteiger partial charge < -0.3 is 9.97 Å². The van der Waals surface area contributed by atoms with Gasteiger partial charge in [-0.25, -0.2) is 13.2 Å². The summed E-state index contributed by atoms with van der Waals surface area (Å²) in [6, 6.07) is 9.80. The van der Waals surface area contributed by atoms with Crippen molar-refractivity contribution in [2.75, 3.05) is 4.72 Å². The van der Waals surface area contributed by atoms with Crippen molar-refractivity contribution in [3.63, 3.8) is 0 Å². The van der Waals surface area contributed by atoms with E-state index in [4.69, 9.17) is 0 Å². The molecule has 3 rings (SSSR count). The fourth-order valence-corrected chi connectivity index (χ4v) is 3.33. The zero-order valence-electron chi connectivity index (χ0n) is 12.1. The SMILES string of the molecule is Cc1ccc(S(=O)(=O)Nc2ccc3[nH]c(=O)[nH]c3c2)cc1C. The van der Waals surface area contributed by atoms with Crippen LogP contribution in [0.3, 0.4) is 0 Å². The third-order valence-electron chi connectivity index (χ3n) is 3.56. The first-order valence-electron chi connectivity index (χ1n) is 6.67. The van der Waals surface area contributed by atoms with Crippen molar-refractivity contribution in [3.05, 3.63) is 58.0 Å². The van der Waals surface area contributed by atoms with Gasteiger partial charge >= 0.3 is 5.69 Å². The van der Waals surface area contributed by atoms with Crippen molar-refractivity contribution < 1.29 is 8.42 Å². The Bertz CT molecular complexity index is 1020. The van der Waals surface area contributed by atoms with E-state index in [1.165, 1.54) is 0 Å². The summed E-state index contributed by atoms with van der Waals surface area (Å²) in [5.74, 6) is 0. The Morgan fingerprint density at radius 2 is 1.64 bits per heavy atom. The lowest BCUT2D eigenvalue weighted by atomic mass is 10.1. The average Bonchev–Trinajstić information content (AvgIpc) is 2.80. The van der Waals surface area contributed by atoms with Gasteiger partial charge in [0.25, 0.3) is 10.0 Å². The number of aromatic nitrogens is 2. The molecule has 0 fully saturated rings. The van der Waals surface area contributed by atoms with E-state index in [0.29, 0.717) is 16.7 Å². The number of aryl methyl sites for hydroxylation is 2. The van der Waals surface area contributed by atoms with Crippen LogP contribution in [0.5, 0.6) is 0 Å². The molecule has 0 spiro atoms. The van der Waals surface area contributed by atoms with Gasteiger partial charge in [0.2, 0.25) is 0 Å². The van der Waals surface area contributed by atoms with Crippen molar-refractivity contribution in [1.82, 2.24) is 9.97 Å². The Morgan fingerprint density at radius 3 is 2.36 bits per heavy atom. The molecule has 22 heavy (non-hydrogen) atoms. The predicted octanol–water partition coefficient (Wildman–Crippen LogP) is 2.27. The maximum atomic E-state index is 12.4. The standard InChI is InChI=1S/C15H15N3O3S/c1-9-3-5-12(7-10(9)2)22(20,21)18-11-4-6-13-14(8-11)17-15(19)16-13/h3-8,18H,1-2H3,(H2,16,17,19). The number of hydrogen-bond acceptors (Lipinski definition) is 3. The Morgan fingerprint density at radius 1 is 0.909 bits per heavy atom. The number of rotatable bonds is 3. The molecule has 114 valence electrons. The minimum atomic E-state index is -3.67. The second kappa shape index (κ2) is 5.03. The lowest BCUT2D eigenvalue weighted by Crippen LogP contribution is -2.13. The Hall–Kier alpha value is -2.54. The molecule has 0 bridgehead atoms. The van der Waals surface area contributed by atoms with E-state index in [2.05, 4.69) is 14.7 Å². The van der Waals surface area contributed by atoms with Gasteiger partial charge in [0.15, 0.2) is 0 Å². The highest BCUT2D eigenvalue weighted by molar-refractivity contribution is 7.92. The maximum Gasteiger partial charge on any atom is 0.323 e.